The van der Waals surface area contributed by atoms with Gasteiger partial charge < -0.3 is 15.7 Å². The van der Waals surface area contributed by atoms with Gasteiger partial charge in [0.15, 0.2) is 0 Å². The second-order valence-corrected chi connectivity index (χ2v) is 8.27. The fourth-order valence-electron chi connectivity index (χ4n) is 4.23. The van der Waals surface area contributed by atoms with Gasteiger partial charge in [0.05, 0.1) is 17.6 Å². The quantitative estimate of drug-likeness (QED) is 0.420. The summed E-state index contributed by atoms with van der Waals surface area (Å²) in [5.41, 5.74) is 4.32. The molecule has 3 heterocycles. The lowest BCUT2D eigenvalue weighted by Gasteiger charge is -2.17. The van der Waals surface area contributed by atoms with Crippen molar-refractivity contribution in [1.82, 2.24) is 15.3 Å². The van der Waals surface area contributed by atoms with Crippen LogP contribution < -0.4 is 10.6 Å². The Morgan fingerprint density at radius 2 is 2.10 bits per heavy atom. The van der Waals surface area contributed by atoms with Crippen molar-refractivity contribution in [3.8, 4) is 0 Å². The Hall–Kier alpha value is -2.99. The summed E-state index contributed by atoms with van der Waals surface area (Å²) in [7, 11) is 0. The summed E-state index contributed by atoms with van der Waals surface area (Å²) >= 11 is 0. The van der Waals surface area contributed by atoms with E-state index in [2.05, 4.69) is 33.8 Å². The molecule has 3 aromatic rings. The molecule has 0 aliphatic carbocycles. The normalized spacial score (nSPS) is 14.1. The van der Waals surface area contributed by atoms with E-state index in [9.17, 15) is 9.90 Å². The Balaban J connectivity index is 1.25. The zero-order valence-corrected chi connectivity index (χ0v) is 17.8. The van der Waals surface area contributed by atoms with E-state index in [0.717, 1.165) is 73.3 Å². The van der Waals surface area contributed by atoms with Gasteiger partial charge in [0.1, 0.15) is 5.82 Å². The summed E-state index contributed by atoms with van der Waals surface area (Å²) in [5, 5.41) is 17.3. The maximum Gasteiger partial charge on any atom is 0.303 e. The smallest absolute Gasteiger partial charge is 0.303 e. The first-order chi connectivity index (χ1) is 15.2. The Morgan fingerprint density at radius 1 is 1.19 bits per heavy atom. The molecule has 1 unspecified atom stereocenters. The van der Waals surface area contributed by atoms with Crippen molar-refractivity contribution in [3.63, 3.8) is 0 Å². The number of rotatable bonds is 10. The number of fused-ring (bicyclic) bond motifs is 2. The van der Waals surface area contributed by atoms with Gasteiger partial charge in [-0.2, -0.15) is 0 Å². The molecule has 3 N–H and O–H groups in total. The average molecular weight is 419 g/mol. The molecule has 0 fully saturated rings. The highest BCUT2D eigenvalue weighted by molar-refractivity contribution is 5.79. The highest BCUT2D eigenvalue weighted by Gasteiger charge is 2.16. The molecule has 0 bridgehead atoms. The molecule has 6 heteroatoms. The summed E-state index contributed by atoms with van der Waals surface area (Å²) < 4.78 is 0. The van der Waals surface area contributed by atoms with Gasteiger partial charge in [-0.05, 0) is 67.5 Å². The topological polar surface area (TPSA) is 87.1 Å². The number of carboxylic acid groups (broad SMARTS) is 1. The summed E-state index contributed by atoms with van der Waals surface area (Å²) in [6.07, 6.45) is 7.06. The molecule has 0 spiro atoms. The standard InChI is InChI=1S/C25H30N4O2/c30-24(31)15-19(21-14-20-7-1-2-9-23(20)28-16-21)6-3-4-12-26-17-22-11-10-18-8-5-13-27-25(18)29-22/h1-2,7,9-11,14,16,19,26H,3-6,8,12-13,15,17H2,(H,27,29)(H,30,31). The predicted octanol–water partition coefficient (Wildman–Crippen LogP) is 4.51. The number of pyridine rings is 2. The molecule has 6 nitrogen and oxygen atoms in total. The van der Waals surface area contributed by atoms with Crippen LogP contribution in [0.25, 0.3) is 10.9 Å². The number of nitrogens with zero attached hydrogens (tertiary/aromatic N) is 2. The molecule has 0 amide bonds. The van der Waals surface area contributed by atoms with Gasteiger partial charge in [-0.1, -0.05) is 30.7 Å². The van der Waals surface area contributed by atoms with Crippen LogP contribution in [0.4, 0.5) is 5.82 Å². The highest BCUT2D eigenvalue weighted by Crippen LogP contribution is 2.27. The Morgan fingerprint density at radius 3 is 3.00 bits per heavy atom. The third-order valence-corrected chi connectivity index (χ3v) is 5.92. The molecule has 31 heavy (non-hydrogen) atoms. The fraction of sp³-hybridized carbons (Fsp3) is 0.400. The third kappa shape index (κ3) is 5.79. The average Bonchev–Trinajstić information content (AvgIpc) is 2.80. The molecule has 4 rings (SSSR count). The van der Waals surface area contributed by atoms with Crippen LogP contribution in [0, 0.1) is 0 Å². The molecular weight excluding hydrogens is 388 g/mol. The molecule has 0 radical (unpaired) electrons. The van der Waals surface area contributed by atoms with E-state index in [1.54, 1.807) is 0 Å². The van der Waals surface area contributed by atoms with Crippen LogP contribution in [0.3, 0.4) is 0 Å². The van der Waals surface area contributed by atoms with Crippen molar-refractivity contribution in [2.45, 2.75) is 51.0 Å². The van der Waals surface area contributed by atoms with Crippen molar-refractivity contribution >= 4 is 22.7 Å². The summed E-state index contributed by atoms with van der Waals surface area (Å²) in [5.74, 6) is 0.262. The van der Waals surface area contributed by atoms with Gasteiger partial charge >= 0.3 is 5.97 Å². The van der Waals surface area contributed by atoms with Gasteiger partial charge in [0.25, 0.3) is 0 Å². The first-order valence-electron chi connectivity index (χ1n) is 11.2. The molecule has 0 saturated heterocycles. The summed E-state index contributed by atoms with van der Waals surface area (Å²) in [6.45, 7) is 2.64. The minimum atomic E-state index is -0.761. The zero-order chi connectivity index (χ0) is 21.5. The van der Waals surface area contributed by atoms with Crippen molar-refractivity contribution in [3.05, 3.63) is 65.5 Å². The van der Waals surface area contributed by atoms with Gasteiger partial charge in [-0.3, -0.25) is 9.78 Å². The molecule has 1 aliphatic heterocycles. The Bertz CT molecular complexity index is 1040. The van der Waals surface area contributed by atoms with Crippen molar-refractivity contribution in [1.29, 1.82) is 0 Å². The largest absolute Gasteiger partial charge is 0.481 e. The van der Waals surface area contributed by atoms with Gasteiger partial charge in [0, 0.05) is 24.7 Å². The lowest BCUT2D eigenvalue weighted by Crippen LogP contribution is -2.18. The van der Waals surface area contributed by atoms with Crippen molar-refractivity contribution in [2.75, 3.05) is 18.4 Å². The van der Waals surface area contributed by atoms with E-state index in [1.807, 2.05) is 30.5 Å². The number of aliphatic carboxylic acids is 1. The van der Waals surface area contributed by atoms with Crippen molar-refractivity contribution < 1.29 is 9.90 Å². The molecule has 1 aromatic carbocycles. The second-order valence-electron chi connectivity index (χ2n) is 8.27. The molecule has 0 saturated carbocycles. The van der Waals surface area contributed by atoms with Crippen LogP contribution in [-0.4, -0.2) is 34.1 Å². The molecular formula is C25H30N4O2. The number of hydrogen-bond acceptors (Lipinski definition) is 5. The third-order valence-electron chi connectivity index (χ3n) is 5.92. The Labute approximate surface area is 183 Å². The van der Waals surface area contributed by atoms with Crippen molar-refractivity contribution in [2.24, 2.45) is 0 Å². The van der Waals surface area contributed by atoms with E-state index in [4.69, 9.17) is 4.98 Å². The minimum absolute atomic E-state index is 0.0111. The number of hydrogen-bond donors (Lipinski definition) is 3. The molecule has 162 valence electrons. The molecule has 1 atom stereocenters. The van der Waals surface area contributed by atoms with E-state index in [1.165, 1.54) is 12.0 Å². The van der Waals surface area contributed by atoms with Crippen LogP contribution in [0.15, 0.2) is 48.7 Å². The SMILES string of the molecule is O=C(O)CC(CCCCNCc1ccc2c(n1)NCCC2)c1cnc2ccccc2c1. The van der Waals surface area contributed by atoms with Gasteiger partial charge in [-0.15, -0.1) is 0 Å². The lowest BCUT2D eigenvalue weighted by atomic mass is 9.91. The second kappa shape index (κ2) is 10.4. The van der Waals surface area contributed by atoms with E-state index in [-0.39, 0.29) is 12.3 Å². The number of aryl methyl sites for hydroxylation is 1. The number of nitrogens with one attached hydrogen (secondary N) is 2. The van der Waals surface area contributed by atoms with Gasteiger partial charge in [0.2, 0.25) is 0 Å². The number of unbranched alkanes of at least 4 members (excludes halogenated alkanes) is 1. The monoisotopic (exact) mass is 418 g/mol. The van der Waals surface area contributed by atoms with Gasteiger partial charge in [-0.25, -0.2) is 4.98 Å². The first-order valence-corrected chi connectivity index (χ1v) is 11.2. The summed E-state index contributed by atoms with van der Waals surface area (Å²) in [6, 6.07) is 14.3. The first kappa shape index (κ1) is 21.2. The van der Waals surface area contributed by atoms with E-state index < -0.39 is 5.97 Å². The number of para-hydroxylation sites is 1. The maximum absolute atomic E-state index is 11.4. The van der Waals surface area contributed by atoms with Crippen LogP contribution >= 0.6 is 0 Å². The number of aromatic nitrogens is 2. The molecule has 1 aliphatic rings. The summed E-state index contributed by atoms with van der Waals surface area (Å²) in [4.78, 5) is 20.6. The van der Waals surface area contributed by atoms with Crippen LogP contribution in [0.1, 0.15) is 54.8 Å². The number of carbonyl (C=O) groups is 1. The van der Waals surface area contributed by atoms with Crippen LogP contribution in [0.2, 0.25) is 0 Å². The van der Waals surface area contributed by atoms with E-state index >= 15 is 0 Å². The number of benzene rings is 1. The van der Waals surface area contributed by atoms with E-state index in [0.29, 0.717) is 0 Å². The predicted molar refractivity (Wildman–Crippen MR) is 123 cm³/mol. The fourth-order valence-corrected chi connectivity index (χ4v) is 4.23. The number of carboxylic acids is 1. The highest BCUT2D eigenvalue weighted by atomic mass is 16.4. The van der Waals surface area contributed by atoms with Crippen LogP contribution in [-0.2, 0) is 17.8 Å². The van der Waals surface area contributed by atoms with Crippen LogP contribution in [0.5, 0.6) is 0 Å². The number of anilines is 1. The molecule has 2 aromatic heterocycles. The minimum Gasteiger partial charge on any atom is -0.481 e. The zero-order valence-electron chi connectivity index (χ0n) is 17.8. The lowest BCUT2D eigenvalue weighted by molar-refractivity contribution is -0.137. The Kier molecular flexibility index (Phi) is 7.10. The maximum atomic E-state index is 11.4.